The van der Waals surface area contributed by atoms with Gasteiger partial charge in [-0.2, -0.15) is 21.6 Å². The molecule has 0 spiro atoms. The molecule has 4 rings (SSSR count). The van der Waals surface area contributed by atoms with Gasteiger partial charge in [0.2, 0.25) is 0 Å². The van der Waals surface area contributed by atoms with Crippen LogP contribution < -0.4 is 10.2 Å². The molecular weight excluding hydrogens is 414 g/mol. The van der Waals surface area contributed by atoms with Crippen molar-refractivity contribution in [3.8, 4) is 0 Å². The number of fused-ring (bicyclic) bond motifs is 1. The number of aliphatic hydroxyl groups is 1. The predicted octanol–water partition coefficient (Wildman–Crippen LogP) is 3.28. The third-order valence-corrected chi connectivity index (χ3v) is 7.06. The molecule has 1 aromatic rings. The fourth-order valence-electron chi connectivity index (χ4n) is 3.91. The van der Waals surface area contributed by atoms with E-state index in [0.29, 0.717) is 0 Å². The Morgan fingerprint density at radius 3 is 2.45 bits per heavy atom. The topological polar surface area (TPSA) is 82.0 Å². The van der Waals surface area contributed by atoms with Crippen LogP contribution >= 0.6 is 0 Å². The normalized spacial score (nSPS) is 26.7. The number of nitrogens with one attached hydrogen (secondary N) is 1. The molecule has 2 fully saturated rings. The number of alkyl halides is 3. The van der Waals surface area contributed by atoms with Crippen molar-refractivity contribution in [2.24, 2.45) is 16.2 Å². The molecular formula is C18H21F4N3O3S. The first-order valence-corrected chi connectivity index (χ1v) is 10.7. The number of hydrogen-bond donors (Lipinski definition) is 2. The van der Waals surface area contributed by atoms with Gasteiger partial charge in [0.15, 0.2) is 0 Å². The van der Waals surface area contributed by atoms with E-state index in [0.717, 1.165) is 29.9 Å². The van der Waals surface area contributed by atoms with E-state index in [2.05, 4.69) is 9.71 Å². The van der Waals surface area contributed by atoms with E-state index in [1.165, 1.54) is 13.8 Å². The molecule has 160 valence electrons. The Labute approximate surface area is 165 Å². The predicted molar refractivity (Wildman–Crippen MR) is 99.0 cm³/mol. The first-order chi connectivity index (χ1) is 13.3. The van der Waals surface area contributed by atoms with Crippen LogP contribution in [-0.4, -0.2) is 43.7 Å². The zero-order valence-corrected chi connectivity index (χ0v) is 16.6. The van der Waals surface area contributed by atoms with E-state index in [4.69, 9.17) is 0 Å². The van der Waals surface area contributed by atoms with E-state index in [9.17, 15) is 31.1 Å². The summed E-state index contributed by atoms with van der Waals surface area (Å²) < 4.78 is 84.4. The van der Waals surface area contributed by atoms with Crippen LogP contribution in [0.1, 0.15) is 33.1 Å². The lowest BCUT2D eigenvalue weighted by Crippen LogP contribution is -2.42. The standard InChI is InChI=1S/C18H21F4N3O3S/c1-17(2,26)10-5-14(18(20,21)22)25(8-10)12-6-11(19)7-13-15(12)23-16(9-3-4-9)24-29(13,27)28/h6-7,9-10,14,26H,3-5,8H2,1-2H3,(H,23,24)/t10-,14-/m1/s1. The van der Waals surface area contributed by atoms with Crippen LogP contribution in [0, 0.1) is 17.7 Å². The molecule has 2 heterocycles. The lowest BCUT2D eigenvalue weighted by Gasteiger charge is -2.32. The third kappa shape index (κ3) is 3.70. The van der Waals surface area contributed by atoms with Gasteiger partial charge in [-0.15, -0.1) is 4.40 Å². The Bertz CT molecular complexity index is 981. The van der Waals surface area contributed by atoms with Gasteiger partial charge >= 0.3 is 6.18 Å². The minimum Gasteiger partial charge on any atom is -0.390 e. The summed E-state index contributed by atoms with van der Waals surface area (Å²) in [6.07, 6.45) is -3.57. The van der Waals surface area contributed by atoms with Crippen LogP contribution in [0.3, 0.4) is 0 Å². The van der Waals surface area contributed by atoms with Crippen molar-refractivity contribution in [3.05, 3.63) is 17.9 Å². The highest BCUT2D eigenvalue weighted by atomic mass is 32.2. The van der Waals surface area contributed by atoms with Crippen LogP contribution in [0.15, 0.2) is 21.4 Å². The summed E-state index contributed by atoms with van der Waals surface area (Å²) in [5.41, 5.74) is -1.66. The van der Waals surface area contributed by atoms with Gasteiger partial charge in [-0.05, 0) is 45.2 Å². The van der Waals surface area contributed by atoms with E-state index in [1.807, 2.05) is 0 Å². The van der Waals surface area contributed by atoms with Gasteiger partial charge in [-0.3, -0.25) is 0 Å². The fourth-order valence-corrected chi connectivity index (χ4v) is 5.14. The molecule has 2 aliphatic heterocycles. The summed E-state index contributed by atoms with van der Waals surface area (Å²) in [4.78, 5) is 0.465. The second-order valence-electron chi connectivity index (χ2n) is 8.44. The first-order valence-electron chi connectivity index (χ1n) is 9.28. The van der Waals surface area contributed by atoms with Crippen LogP contribution in [0.25, 0.3) is 0 Å². The zero-order valence-electron chi connectivity index (χ0n) is 15.8. The van der Waals surface area contributed by atoms with E-state index in [-0.39, 0.29) is 36.1 Å². The summed E-state index contributed by atoms with van der Waals surface area (Å²) >= 11 is 0. The summed E-state index contributed by atoms with van der Waals surface area (Å²) in [6.45, 7) is 2.66. The van der Waals surface area contributed by atoms with Gasteiger partial charge in [0, 0.05) is 18.4 Å². The summed E-state index contributed by atoms with van der Waals surface area (Å²) in [5, 5.41) is 13.1. The molecule has 1 saturated heterocycles. The van der Waals surface area contributed by atoms with Crippen molar-refractivity contribution in [3.63, 3.8) is 0 Å². The quantitative estimate of drug-likeness (QED) is 0.713. The lowest BCUT2D eigenvalue weighted by molar-refractivity contribution is -0.148. The smallest absolute Gasteiger partial charge is 0.390 e. The molecule has 2 atom stereocenters. The molecule has 0 unspecified atom stereocenters. The second-order valence-corrected chi connectivity index (χ2v) is 10.0. The largest absolute Gasteiger partial charge is 0.408 e. The highest BCUT2D eigenvalue weighted by molar-refractivity contribution is 7.90. The maximum Gasteiger partial charge on any atom is 0.408 e. The van der Waals surface area contributed by atoms with E-state index < -0.39 is 44.5 Å². The lowest BCUT2D eigenvalue weighted by atomic mass is 9.89. The van der Waals surface area contributed by atoms with Gasteiger partial charge < -0.3 is 15.3 Å². The number of halogens is 4. The van der Waals surface area contributed by atoms with Crippen molar-refractivity contribution in [2.75, 3.05) is 16.8 Å². The number of rotatable bonds is 3. The Morgan fingerprint density at radius 2 is 1.90 bits per heavy atom. The van der Waals surface area contributed by atoms with Crippen molar-refractivity contribution in [2.45, 2.75) is 55.8 Å². The first kappa shape index (κ1) is 20.4. The van der Waals surface area contributed by atoms with Crippen LogP contribution in [0.4, 0.5) is 28.9 Å². The molecule has 11 heteroatoms. The van der Waals surface area contributed by atoms with Crippen molar-refractivity contribution in [1.82, 2.24) is 0 Å². The van der Waals surface area contributed by atoms with Gasteiger partial charge in [0.1, 0.15) is 22.6 Å². The highest BCUT2D eigenvalue weighted by Crippen LogP contribution is 2.47. The number of amidine groups is 1. The Hall–Kier alpha value is -1.88. The number of sulfonamides is 1. The maximum absolute atomic E-state index is 14.3. The summed E-state index contributed by atoms with van der Waals surface area (Å²) in [7, 11) is -4.24. The summed E-state index contributed by atoms with van der Waals surface area (Å²) in [6, 6.07) is -0.305. The number of hydrogen-bond acceptors (Lipinski definition) is 5. The molecule has 3 aliphatic rings. The molecule has 0 bridgehead atoms. The molecule has 1 saturated carbocycles. The molecule has 0 amide bonds. The SMILES string of the molecule is CC(C)(O)[C@@H]1C[C@H](C(F)(F)F)N(c2cc(F)cc3c2NC(C2CC2)=NS3(=O)=O)C1. The molecule has 2 N–H and O–H groups in total. The maximum atomic E-state index is 14.3. The average Bonchev–Trinajstić information content (AvgIpc) is 3.29. The average molecular weight is 435 g/mol. The number of benzene rings is 1. The van der Waals surface area contributed by atoms with Crippen molar-refractivity contribution >= 4 is 27.2 Å². The molecule has 29 heavy (non-hydrogen) atoms. The molecule has 1 aliphatic carbocycles. The van der Waals surface area contributed by atoms with Gasteiger partial charge in [-0.1, -0.05) is 0 Å². The van der Waals surface area contributed by atoms with Crippen molar-refractivity contribution < 1.29 is 31.1 Å². The van der Waals surface area contributed by atoms with Crippen LogP contribution in [0.5, 0.6) is 0 Å². The second kappa shape index (κ2) is 6.31. The minimum absolute atomic E-state index is 0.0889. The Morgan fingerprint density at radius 1 is 1.24 bits per heavy atom. The molecule has 0 aromatic heterocycles. The minimum atomic E-state index is -4.64. The molecule has 6 nitrogen and oxygen atoms in total. The van der Waals surface area contributed by atoms with Crippen LogP contribution in [0.2, 0.25) is 0 Å². The highest BCUT2D eigenvalue weighted by Gasteiger charge is 2.53. The number of nitrogens with zero attached hydrogens (tertiary/aromatic N) is 2. The number of anilines is 2. The summed E-state index contributed by atoms with van der Waals surface area (Å²) in [5.74, 6) is -1.63. The van der Waals surface area contributed by atoms with Crippen molar-refractivity contribution in [1.29, 1.82) is 0 Å². The Kier molecular flexibility index (Phi) is 4.44. The molecule has 0 radical (unpaired) electrons. The third-order valence-electron chi connectivity index (χ3n) is 5.75. The Balaban J connectivity index is 1.84. The van der Waals surface area contributed by atoms with E-state index >= 15 is 0 Å². The van der Waals surface area contributed by atoms with Gasteiger partial charge in [0.05, 0.1) is 17.0 Å². The van der Waals surface area contributed by atoms with Crippen LogP contribution in [-0.2, 0) is 10.0 Å². The van der Waals surface area contributed by atoms with Gasteiger partial charge in [-0.25, -0.2) is 4.39 Å². The van der Waals surface area contributed by atoms with Gasteiger partial charge in [0.25, 0.3) is 10.0 Å². The zero-order chi connectivity index (χ0) is 21.4. The van der Waals surface area contributed by atoms with E-state index in [1.54, 1.807) is 0 Å². The monoisotopic (exact) mass is 435 g/mol. The molecule has 1 aromatic carbocycles. The fraction of sp³-hybridized carbons (Fsp3) is 0.611.